The average Bonchev–Trinajstić information content (AvgIpc) is 3.66. The summed E-state index contributed by atoms with van der Waals surface area (Å²) < 4.78 is 83.4. The van der Waals surface area contributed by atoms with Gasteiger partial charge in [0.15, 0.2) is 11.5 Å². The number of fused-ring (bicyclic) bond motifs is 1. The number of imidazole rings is 1. The second-order valence-corrected chi connectivity index (χ2v) is 9.88. The molecule has 2 aromatic carbocycles. The van der Waals surface area contributed by atoms with Gasteiger partial charge in [-0.2, -0.15) is 13.2 Å². The van der Waals surface area contributed by atoms with Gasteiger partial charge in [0.05, 0.1) is 5.56 Å². The van der Waals surface area contributed by atoms with Crippen molar-refractivity contribution in [3.05, 3.63) is 65.0 Å². The summed E-state index contributed by atoms with van der Waals surface area (Å²) in [5.74, 6) is -1.63. The van der Waals surface area contributed by atoms with Crippen LogP contribution in [0.5, 0.6) is 5.75 Å². The third kappa shape index (κ3) is 6.20. The fourth-order valence-electron chi connectivity index (χ4n) is 4.59. The van der Waals surface area contributed by atoms with Crippen LogP contribution in [0, 0.1) is 12.8 Å². The van der Waals surface area contributed by atoms with Crippen LogP contribution in [-0.4, -0.2) is 43.0 Å². The van der Waals surface area contributed by atoms with E-state index in [-0.39, 0.29) is 29.9 Å². The molecule has 0 amide bonds. The fourth-order valence-corrected chi connectivity index (χ4v) is 4.59. The van der Waals surface area contributed by atoms with Crippen LogP contribution in [0.15, 0.2) is 42.5 Å². The predicted octanol–water partition coefficient (Wildman–Crippen LogP) is 6.68. The number of rotatable bonds is 8. The van der Waals surface area contributed by atoms with Gasteiger partial charge in [-0.15, -0.1) is 13.2 Å². The summed E-state index contributed by atoms with van der Waals surface area (Å²) in [6, 6.07) is 8.07. The van der Waals surface area contributed by atoms with Gasteiger partial charge < -0.3 is 19.7 Å². The van der Waals surface area contributed by atoms with E-state index in [2.05, 4.69) is 25.0 Å². The first-order valence-electron chi connectivity index (χ1n) is 12.5. The maximum atomic E-state index is 13.1. The highest BCUT2D eigenvalue weighted by molar-refractivity contribution is 5.92. The average molecular weight is 580 g/mol. The van der Waals surface area contributed by atoms with E-state index >= 15 is 0 Å². The maximum Gasteiger partial charge on any atom is 0.573 e. The number of nitrogens with zero attached hydrogens (tertiary/aromatic N) is 4. The van der Waals surface area contributed by atoms with Crippen molar-refractivity contribution in [3.63, 3.8) is 0 Å². The highest BCUT2D eigenvalue weighted by atomic mass is 19.4. The Labute approximate surface area is 229 Å². The van der Waals surface area contributed by atoms with Crippen molar-refractivity contribution in [2.24, 2.45) is 5.92 Å². The summed E-state index contributed by atoms with van der Waals surface area (Å²) in [6.45, 7) is 3.45. The molecule has 0 unspecified atom stereocenters. The van der Waals surface area contributed by atoms with Crippen molar-refractivity contribution in [2.75, 3.05) is 5.32 Å². The van der Waals surface area contributed by atoms with Crippen molar-refractivity contribution >= 4 is 23.0 Å². The minimum absolute atomic E-state index is 0.000160. The van der Waals surface area contributed by atoms with Crippen LogP contribution in [-0.2, 0) is 12.7 Å². The molecule has 0 spiro atoms. The third-order valence-electron chi connectivity index (χ3n) is 6.78. The molecule has 0 bridgehead atoms. The smallest absolute Gasteiger partial charge is 0.475 e. The Balaban J connectivity index is 1.68. The molecule has 4 aromatic rings. The lowest BCUT2D eigenvalue weighted by atomic mass is 10.1. The van der Waals surface area contributed by atoms with Crippen molar-refractivity contribution in [1.29, 1.82) is 0 Å². The zero-order valence-corrected chi connectivity index (χ0v) is 21.6. The summed E-state index contributed by atoms with van der Waals surface area (Å²) in [5, 5.41) is 12.9. The van der Waals surface area contributed by atoms with Gasteiger partial charge in [-0.25, -0.2) is 19.7 Å². The van der Waals surface area contributed by atoms with E-state index in [0.717, 1.165) is 31.0 Å². The summed E-state index contributed by atoms with van der Waals surface area (Å²) in [7, 11) is 0. The predicted molar refractivity (Wildman–Crippen MR) is 135 cm³/mol. The normalized spacial score (nSPS) is 14.7. The van der Waals surface area contributed by atoms with Gasteiger partial charge in [0, 0.05) is 18.2 Å². The Morgan fingerprint density at radius 1 is 1.07 bits per heavy atom. The quantitative estimate of drug-likeness (QED) is 0.225. The highest BCUT2D eigenvalue weighted by Crippen LogP contribution is 2.37. The van der Waals surface area contributed by atoms with Crippen LogP contribution in [0.1, 0.15) is 47.1 Å². The number of benzene rings is 2. The Hall–Kier alpha value is -4.36. The number of carboxylic acids is 1. The van der Waals surface area contributed by atoms with Crippen LogP contribution in [0.2, 0.25) is 0 Å². The molecule has 1 aliphatic rings. The van der Waals surface area contributed by atoms with Gasteiger partial charge in [-0.05, 0) is 74.1 Å². The minimum Gasteiger partial charge on any atom is -0.475 e. The third-order valence-corrected chi connectivity index (χ3v) is 6.78. The van der Waals surface area contributed by atoms with Gasteiger partial charge in [0.25, 0.3) is 0 Å². The molecule has 5 rings (SSSR count). The molecule has 2 heterocycles. The monoisotopic (exact) mass is 579 g/mol. The summed E-state index contributed by atoms with van der Waals surface area (Å²) in [4.78, 5) is 24.6. The SMILES string of the molecule is Cc1cc(OC(F)(F)F)ccc1-c1nc2nc(C(=O)O)nc(N[C@H](C)C3CC3)c2n1Cc1ccc(C(F)(F)F)cc1. The molecule has 14 heteroatoms. The van der Waals surface area contributed by atoms with E-state index in [4.69, 9.17) is 0 Å². The first-order chi connectivity index (χ1) is 19.2. The lowest BCUT2D eigenvalue weighted by Crippen LogP contribution is -2.20. The van der Waals surface area contributed by atoms with Crippen LogP contribution >= 0.6 is 0 Å². The number of aryl methyl sites for hydroxylation is 1. The molecule has 216 valence electrons. The van der Waals surface area contributed by atoms with E-state index < -0.39 is 35.6 Å². The largest absolute Gasteiger partial charge is 0.573 e. The standard InChI is InChI=1S/C27H23F6N5O3/c1-13-11-18(41-27(31,32)33)9-10-19(13)24-37-22-20(38(24)12-15-3-7-17(8-4-15)26(28,29)30)21(34-14(2)16-5-6-16)35-23(36-22)25(39)40/h3-4,7-11,14,16H,5-6,12H2,1-2H3,(H,39,40)(H,34,35,36)/t14-/m1/s1. The number of carboxylic acid groups (broad SMARTS) is 1. The van der Waals surface area contributed by atoms with E-state index in [1.54, 1.807) is 11.5 Å². The Kier molecular flexibility index (Phi) is 7.03. The number of alkyl halides is 6. The van der Waals surface area contributed by atoms with E-state index in [1.807, 2.05) is 6.92 Å². The fraction of sp³-hybridized carbons (Fsp3) is 0.333. The molecule has 1 atom stereocenters. The molecule has 1 fully saturated rings. The van der Waals surface area contributed by atoms with Gasteiger partial charge >= 0.3 is 18.5 Å². The zero-order chi connectivity index (χ0) is 29.7. The first kappa shape index (κ1) is 28.2. The Bertz CT molecular complexity index is 1610. The molecule has 0 radical (unpaired) electrons. The number of hydrogen-bond donors (Lipinski definition) is 2. The molecular formula is C27H23F6N5O3. The zero-order valence-electron chi connectivity index (χ0n) is 21.6. The number of aromatic carboxylic acids is 1. The highest BCUT2D eigenvalue weighted by Gasteiger charge is 2.33. The van der Waals surface area contributed by atoms with Crippen molar-refractivity contribution in [3.8, 4) is 17.1 Å². The lowest BCUT2D eigenvalue weighted by molar-refractivity contribution is -0.274. The number of carbonyl (C=O) groups is 1. The number of ether oxygens (including phenoxy) is 1. The molecule has 41 heavy (non-hydrogen) atoms. The summed E-state index contributed by atoms with van der Waals surface area (Å²) in [6.07, 6.45) is -7.46. The van der Waals surface area contributed by atoms with Gasteiger partial charge in [0.1, 0.15) is 17.1 Å². The van der Waals surface area contributed by atoms with Crippen molar-refractivity contribution in [2.45, 2.75) is 51.8 Å². The van der Waals surface area contributed by atoms with Crippen molar-refractivity contribution < 1.29 is 41.0 Å². The summed E-state index contributed by atoms with van der Waals surface area (Å²) in [5.41, 5.74) is 0.651. The van der Waals surface area contributed by atoms with Crippen LogP contribution in [0.4, 0.5) is 32.2 Å². The molecule has 1 saturated carbocycles. The van der Waals surface area contributed by atoms with Gasteiger partial charge in [-0.1, -0.05) is 12.1 Å². The number of nitrogens with one attached hydrogen (secondary N) is 1. The van der Waals surface area contributed by atoms with E-state index in [0.29, 0.717) is 28.1 Å². The minimum atomic E-state index is -4.90. The molecule has 0 aliphatic heterocycles. The number of hydrogen-bond acceptors (Lipinski definition) is 6. The topological polar surface area (TPSA) is 102 Å². The Morgan fingerprint density at radius 2 is 1.76 bits per heavy atom. The van der Waals surface area contributed by atoms with Crippen LogP contribution < -0.4 is 10.1 Å². The Morgan fingerprint density at radius 3 is 2.32 bits per heavy atom. The molecule has 8 nitrogen and oxygen atoms in total. The van der Waals surface area contributed by atoms with E-state index in [1.165, 1.54) is 24.3 Å². The second-order valence-electron chi connectivity index (χ2n) is 9.88. The first-order valence-corrected chi connectivity index (χ1v) is 12.5. The molecule has 2 aromatic heterocycles. The molecule has 0 saturated heterocycles. The number of anilines is 1. The number of halogens is 6. The van der Waals surface area contributed by atoms with Crippen molar-refractivity contribution in [1.82, 2.24) is 19.5 Å². The van der Waals surface area contributed by atoms with Crippen LogP contribution in [0.3, 0.4) is 0 Å². The molecule has 1 aliphatic carbocycles. The maximum absolute atomic E-state index is 13.1. The number of aromatic nitrogens is 4. The van der Waals surface area contributed by atoms with Gasteiger partial charge in [-0.3, -0.25) is 0 Å². The summed E-state index contributed by atoms with van der Waals surface area (Å²) >= 11 is 0. The van der Waals surface area contributed by atoms with E-state index in [9.17, 15) is 36.2 Å². The van der Waals surface area contributed by atoms with Gasteiger partial charge in [0.2, 0.25) is 5.82 Å². The molecular weight excluding hydrogens is 556 g/mol. The van der Waals surface area contributed by atoms with Crippen LogP contribution in [0.25, 0.3) is 22.6 Å². The lowest BCUT2D eigenvalue weighted by Gasteiger charge is -2.17. The molecule has 2 N–H and O–H groups in total. The second kappa shape index (κ2) is 10.2.